The van der Waals surface area contributed by atoms with E-state index in [-0.39, 0.29) is 24.5 Å². The van der Waals surface area contributed by atoms with Gasteiger partial charge in [-0.3, -0.25) is 9.59 Å². The maximum Gasteiger partial charge on any atom is 0.313 e. The van der Waals surface area contributed by atoms with Gasteiger partial charge in [0.2, 0.25) is 5.91 Å². The average Bonchev–Trinajstić information content (AvgIpc) is 2.42. The molecule has 1 N–H and O–H groups in total. The fraction of sp³-hybridized carbons (Fsp3) is 0.882. The van der Waals surface area contributed by atoms with Gasteiger partial charge < -0.3 is 14.7 Å². The average molecular weight is 311 g/mol. The van der Waals surface area contributed by atoms with Crippen molar-refractivity contribution >= 4 is 11.9 Å². The van der Waals surface area contributed by atoms with E-state index in [1.54, 1.807) is 4.90 Å². The van der Waals surface area contributed by atoms with Crippen LogP contribution in [0.3, 0.4) is 0 Å². The number of carboxylic acids is 1. The lowest BCUT2D eigenvalue weighted by Crippen LogP contribution is -2.57. The van der Waals surface area contributed by atoms with E-state index in [2.05, 4.69) is 13.8 Å². The fourth-order valence-corrected chi connectivity index (χ4v) is 4.16. The third-order valence-electron chi connectivity index (χ3n) is 5.30. The Labute approximate surface area is 133 Å². The van der Waals surface area contributed by atoms with Gasteiger partial charge in [0.1, 0.15) is 5.41 Å². The van der Waals surface area contributed by atoms with Crippen LogP contribution in [-0.2, 0) is 14.3 Å². The van der Waals surface area contributed by atoms with E-state index in [4.69, 9.17) is 4.74 Å². The maximum atomic E-state index is 13.0. The van der Waals surface area contributed by atoms with E-state index in [1.807, 2.05) is 0 Å². The van der Waals surface area contributed by atoms with Gasteiger partial charge in [-0.2, -0.15) is 0 Å². The summed E-state index contributed by atoms with van der Waals surface area (Å²) in [6.07, 6.45) is 5.23. The quantitative estimate of drug-likeness (QED) is 0.818. The smallest absolute Gasteiger partial charge is 0.313 e. The minimum Gasteiger partial charge on any atom is -0.481 e. The molecule has 0 aromatic carbocycles. The summed E-state index contributed by atoms with van der Waals surface area (Å²) in [7, 11) is 1.53. The number of methoxy groups -OCH3 is 1. The van der Waals surface area contributed by atoms with Crippen molar-refractivity contribution in [2.45, 2.75) is 52.4 Å². The fourth-order valence-electron chi connectivity index (χ4n) is 4.16. The van der Waals surface area contributed by atoms with Crippen LogP contribution in [0.5, 0.6) is 0 Å². The number of carbonyl (C=O) groups is 2. The van der Waals surface area contributed by atoms with E-state index >= 15 is 0 Å². The molecule has 5 heteroatoms. The number of rotatable bonds is 6. The Balaban J connectivity index is 2.14. The third-order valence-corrected chi connectivity index (χ3v) is 5.30. The number of aliphatic carboxylic acids is 1. The predicted octanol–water partition coefficient (Wildman–Crippen LogP) is 2.54. The molecule has 1 saturated carbocycles. The van der Waals surface area contributed by atoms with E-state index in [9.17, 15) is 14.7 Å². The zero-order valence-electron chi connectivity index (χ0n) is 14.1. The predicted molar refractivity (Wildman–Crippen MR) is 83.5 cm³/mol. The zero-order chi connectivity index (χ0) is 16.4. The van der Waals surface area contributed by atoms with E-state index in [0.717, 1.165) is 32.1 Å². The van der Waals surface area contributed by atoms with Gasteiger partial charge in [-0.05, 0) is 38.0 Å². The lowest BCUT2D eigenvalue weighted by molar-refractivity contribution is -0.164. The molecule has 2 aliphatic rings. The first-order valence-electron chi connectivity index (χ1n) is 8.37. The summed E-state index contributed by atoms with van der Waals surface area (Å²) in [5, 5.41) is 9.62. The lowest BCUT2D eigenvalue weighted by Gasteiger charge is -2.48. The Morgan fingerprint density at radius 3 is 2.27 bits per heavy atom. The summed E-state index contributed by atoms with van der Waals surface area (Å²) < 4.78 is 5.15. The summed E-state index contributed by atoms with van der Waals surface area (Å²) in [5.41, 5.74) is -1.17. The SMILES string of the molecule is COCC1(C(=O)O)CCCN(C(=O)C2(CC(C)C)CCC2)C1. The summed E-state index contributed by atoms with van der Waals surface area (Å²) in [6.45, 7) is 5.43. The van der Waals surface area contributed by atoms with Crippen molar-refractivity contribution in [3.63, 3.8) is 0 Å². The van der Waals surface area contributed by atoms with Gasteiger partial charge in [0, 0.05) is 25.6 Å². The monoisotopic (exact) mass is 311 g/mol. The second-order valence-corrected chi connectivity index (χ2v) is 7.58. The van der Waals surface area contributed by atoms with Crippen molar-refractivity contribution in [2.24, 2.45) is 16.7 Å². The van der Waals surface area contributed by atoms with E-state index in [1.165, 1.54) is 7.11 Å². The maximum absolute atomic E-state index is 13.0. The Bertz CT molecular complexity index is 426. The molecule has 5 nitrogen and oxygen atoms in total. The Hall–Kier alpha value is -1.10. The molecule has 1 atom stereocenters. The van der Waals surface area contributed by atoms with Gasteiger partial charge >= 0.3 is 5.97 Å². The molecule has 0 spiro atoms. The van der Waals surface area contributed by atoms with Crippen LogP contribution in [0, 0.1) is 16.7 Å². The largest absolute Gasteiger partial charge is 0.481 e. The highest BCUT2D eigenvalue weighted by atomic mass is 16.5. The van der Waals surface area contributed by atoms with Crippen LogP contribution in [0.2, 0.25) is 0 Å². The van der Waals surface area contributed by atoms with Crippen molar-refractivity contribution in [2.75, 3.05) is 26.8 Å². The number of hydrogen-bond acceptors (Lipinski definition) is 3. The van der Waals surface area contributed by atoms with Crippen molar-refractivity contribution in [1.82, 2.24) is 4.90 Å². The number of likely N-dealkylation sites (tertiary alicyclic amines) is 1. The van der Waals surface area contributed by atoms with E-state index < -0.39 is 11.4 Å². The lowest BCUT2D eigenvalue weighted by atomic mass is 9.63. The summed E-state index contributed by atoms with van der Waals surface area (Å²) in [6, 6.07) is 0. The van der Waals surface area contributed by atoms with Crippen molar-refractivity contribution in [3.05, 3.63) is 0 Å². The number of nitrogens with zero attached hydrogens (tertiary/aromatic N) is 1. The van der Waals surface area contributed by atoms with Gasteiger partial charge in [-0.1, -0.05) is 20.3 Å². The molecule has 22 heavy (non-hydrogen) atoms. The molecule has 0 radical (unpaired) electrons. The van der Waals surface area contributed by atoms with Crippen LogP contribution < -0.4 is 0 Å². The molecule has 2 rings (SSSR count). The molecule has 1 amide bonds. The van der Waals surface area contributed by atoms with Crippen LogP contribution in [0.1, 0.15) is 52.4 Å². The highest BCUT2D eigenvalue weighted by molar-refractivity contribution is 5.85. The third kappa shape index (κ3) is 3.14. The standard InChI is InChI=1S/C17H29NO4/c1-13(2)10-16(6-4-7-16)14(19)18-9-5-8-17(11-18,12-22-3)15(20)21/h13H,4-12H2,1-3H3,(H,20,21). The number of carboxylic acid groups (broad SMARTS) is 1. The van der Waals surface area contributed by atoms with Gasteiger partial charge in [-0.15, -0.1) is 0 Å². The normalized spacial score (nSPS) is 27.5. The number of piperidine rings is 1. The van der Waals surface area contributed by atoms with Gasteiger partial charge in [0.25, 0.3) is 0 Å². The molecule has 1 aliphatic carbocycles. The zero-order valence-corrected chi connectivity index (χ0v) is 14.1. The van der Waals surface area contributed by atoms with Crippen LogP contribution in [-0.4, -0.2) is 48.7 Å². The van der Waals surface area contributed by atoms with Crippen LogP contribution in [0.15, 0.2) is 0 Å². The summed E-state index contributed by atoms with van der Waals surface area (Å²) >= 11 is 0. The van der Waals surface area contributed by atoms with Gasteiger partial charge in [-0.25, -0.2) is 0 Å². The van der Waals surface area contributed by atoms with Crippen LogP contribution in [0.4, 0.5) is 0 Å². The molecule has 0 bridgehead atoms. The molecular formula is C17H29NO4. The van der Waals surface area contributed by atoms with Crippen LogP contribution in [0.25, 0.3) is 0 Å². The first-order chi connectivity index (χ1) is 10.4. The molecule has 0 aromatic heterocycles. The van der Waals surface area contributed by atoms with Gasteiger partial charge in [0.05, 0.1) is 6.61 Å². The Morgan fingerprint density at radius 1 is 1.18 bits per heavy atom. The van der Waals surface area contributed by atoms with Crippen molar-refractivity contribution in [3.8, 4) is 0 Å². The Kier molecular flexibility index (Phi) is 5.15. The molecule has 0 aromatic rings. The van der Waals surface area contributed by atoms with Crippen molar-refractivity contribution < 1.29 is 19.4 Å². The second kappa shape index (κ2) is 6.57. The van der Waals surface area contributed by atoms with Crippen molar-refractivity contribution in [1.29, 1.82) is 0 Å². The molecular weight excluding hydrogens is 282 g/mol. The molecule has 1 aliphatic heterocycles. The number of ether oxygens (including phenoxy) is 1. The van der Waals surface area contributed by atoms with E-state index in [0.29, 0.717) is 18.9 Å². The molecule has 1 unspecified atom stereocenters. The minimum atomic E-state index is -0.939. The number of carbonyl (C=O) groups excluding carboxylic acids is 1. The number of hydrogen-bond donors (Lipinski definition) is 1. The van der Waals surface area contributed by atoms with Gasteiger partial charge in [0.15, 0.2) is 0 Å². The first kappa shape index (κ1) is 17.3. The molecule has 1 heterocycles. The second-order valence-electron chi connectivity index (χ2n) is 7.58. The topological polar surface area (TPSA) is 66.8 Å². The Morgan fingerprint density at radius 2 is 1.82 bits per heavy atom. The minimum absolute atomic E-state index is 0.170. The van der Waals surface area contributed by atoms with Crippen LogP contribution >= 0.6 is 0 Å². The first-order valence-corrected chi connectivity index (χ1v) is 8.37. The highest BCUT2D eigenvalue weighted by Gasteiger charge is 2.50. The summed E-state index contributed by atoms with van der Waals surface area (Å²) in [5.74, 6) is -0.190. The highest BCUT2D eigenvalue weighted by Crippen LogP contribution is 2.48. The molecule has 126 valence electrons. The number of amides is 1. The molecule has 1 saturated heterocycles. The summed E-state index contributed by atoms with van der Waals surface area (Å²) in [4.78, 5) is 26.6. The molecule has 2 fully saturated rings.